The summed E-state index contributed by atoms with van der Waals surface area (Å²) in [6, 6.07) is 9.86. The number of pyridine rings is 1. The van der Waals surface area contributed by atoms with E-state index < -0.39 is 5.82 Å². The van der Waals surface area contributed by atoms with Crippen molar-refractivity contribution in [3.8, 4) is 0 Å². The summed E-state index contributed by atoms with van der Waals surface area (Å²) < 4.78 is 12.5. The zero-order chi connectivity index (χ0) is 7.68. The van der Waals surface area contributed by atoms with Gasteiger partial charge >= 0.3 is 0 Å². The molecule has 0 amide bonds. The van der Waals surface area contributed by atoms with Crippen LogP contribution in [0.4, 0.5) is 4.39 Å². The average Bonchev–Trinajstić information content (AvgIpc) is 2.04. The standard InChI is InChI=1S/C9H5FN/c10-8-5-7-3-1-2-4-9(7)11-6-8/h1-4,6H. The Bertz CT molecular complexity index is 384. The molecule has 1 radical (unpaired) electrons. The van der Waals surface area contributed by atoms with Crippen molar-refractivity contribution in [2.75, 3.05) is 0 Å². The Morgan fingerprint density at radius 1 is 1.27 bits per heavy atom. The first-order valence-corrected chi connectivity index (χ1v) is 3.29. The van der Waals surface area contributed by atoms with Crippen molar-refractivity contribution in [3.63, 3.8) is 0 Å². The number of nitrogens with zero attached hydrogens (tertiary/aromatic N) is 1. The minimum atomic E-state index is -0.413. The summed E-state index contributed by atoms with van der Waals surface area (Å²) in [5.41, 5.74) is 0.772. The molecule has 0 saturated heterocycles. The van der Waals surface area contributed by atoms with Crippen molar-refractivity contribution < 1.29 is 4.39 Å². The number of halogens is 1. The maximum absolute atomic E-state index is 12.5. The molecule has 2 aromatic rings. The van der Waals surface area contributed by atoms with Crippen LogP contribution >= 0.6 is 0 Å². The number of rotatable bonds is 0. The molecule has 2 rings (SSSR count). The Kier molecular flexibility index (Phi) is 1.32. The molecule has 1 heterocycles. The highest BCUT2D eigenvalue weighted by Crippen LogP contribution is 2.09. The van der Waals surface area contributed by atoms with Gasteiger partial charge in [-0.05, 0) is 6.07 Å². The van der Waals surface area contributed by atoms with E-state index in [2.05, 4.69) is 11.1 Å². The van der Waals surface area contributed by atoms with Crippen molar-refractivity contribution in [3.05, 3.63) is 42.3 Å². The van der Waals surface area contributed by atoms with Gasteiger partial charge in [0.25, 0.3) is 0 Å². The lowest BCUT2D eigenvalue weighted by Gasteiger charge is -1.93. The minimum absolute atomic E-state index is 0.413. The van der Waals surface area contributed by atoms with E-state index in [4.69, 9.17) is 0 Å². The Morgan fingerprint density at radius 2 is 2.09 bits per heavy atom. The first-order chi connectivity index (χ1) is 5.36. The van der Waals surface area contributed by atoms with E-state index in [1.807, 2.05) is 18.2 Å². The molecule has 0 aliphatic carbocycles. The molecule has 0 bridgehead atoms. The highest BCUT2D eigenvalue weighted by Gasteiger charge is 1.94. The largest absolute Gasteiger partial charge is 0.253 e. The van der Waals surface area contributed by atoms with Crippen molar-refractivity contribution >= 4 is 10.9 Å². The summed E-state index contributed by atoms with van der Waals surface area (Å²) in [5, 5.41) is 0.715. The molecule has 0 spiro atoms. The smallest absolute Gasteiger partial charge is 0.150 e. The number of hydrogen-bond acceptors (Lipinski definition) is 1. The van der Waals surface area contributed by atoms with Gasteiger partial charge in [-0.25, -0.2) is 4.39 Å². The van der Waals surface area contributed by atoms with E-state index in [0.717, 1.165) is 5.52 Å². The summed E-state index contributed by atoms with van der Waals surface area (Å²) in [5.74, 6) is -0.413. The molecule has 53 valence electrons. The lowest BCUT2D eigenvalue weighted by atomic mass is 10.2. The number of hydrogen-bond donors (Lipinski definition) is 0. The van der Waals surface area contributed by atoms with Gasteiger partial charge in [-0.3, -0.25) is 4.98 Å². The third-order valence-electron chi connectivity index (χ3n) is 1.48. The molecular weight excluding hydrogens is 141 g/mol. The summed E-state index contributed by atoms with van der Waals surface area (Å²) in [7, 11) is 0. The van der Waals surface area contributed by atoms with Crippen molar-refractivity contribution in [2.45, 2.75) is 0 Å². The average molecular weight is 146 g/mol. The first-order valence-electron chi connectivity index (χ1n) is 3.29. The molecule has 1 aromatic carbocycles. The van der Waals surface area contributed by atoms with Gasteiger partial charge in [0, 0.05) is 11.5 Å². The maximum atomic E-state index is 12.5. The fourth-order valence-corrected chi connectivity index (χ4v) is 0.979. The second kappa shape index (κ2) is 2.31. The van der Waals surface area contributed by atoms with Gasteiger partial charge in [0.2, 0.25) is 0 Å². The topological polar surface area (TPSA) is 12.9 Å². The van der Waals surface area contributed by atoms with Crippen LogP contribution in [0.25, 0.3) is 10.9 Å². The van der Waals surface area contributed by atoms with E-state index in [1.165, 1.54) is 6.20 Å². The second-order valence-corrected chi connectivity index (χ2v) is 2.25. The van der Waals surface area contributed by atoms with Crippen LogP contribution in [0.5, 0.6) is 0 Å². The van der Waals surface area contributed by atoms with Crippen LogP contribution in [0.15, 0.2) is 30.5 Å². The monoisotopic (exact) mass is 146 g/mol. The quantitative estimate of drug-likeness (QED) is 0.555. The third-order valence-corrected chi connectivity index (χ3v) is 1.48. The Balaban J connectivity index is 2.83. The van der Waals surface area contributed by atoms with E-state index in [9.17, 15) is 4.39 Å². The summed E-state index contributed by atoms with van der Waals surface area (Å²) in [6.45, 7) is 0. The molecule has 0 unspecified atom stereocenters. The zero-order valence-electron chi connectivity index (χ0n) is 5.71. The predicted molar refractivity (Wildman–Crippen MR) is 40.5 cm³/mol. The molecule has 2 heteroatoms. The highest BCUT2D eigenvalue weighted by molar-refractivity contribution is 5.77. The van der Waals surface area contributed by atoms with E-state index in [-0.39, 0.29) is 0 Å². The number of para-hydroxylation sites is 1. The fourth-order valence-electron chi connectivity index (χ4n) is 0.979. The molecule has 1 nitrogen and oxygen atoms in total. The first kappa shape index (κ1) is 6.28. The Labute approximate surface area is 63.5 Å². The van der Waals surface area contributed by atoms with Crippen molar-refractivity contribution in [1.82, 2.24) is 4.98 Å². The molecule has 11 heavy (non-hydrogen) atoms. The minimum Gasteiger partial charge on any atom is -0.253 e. The molecule has 0 aliphatic heterocycles. The summed E-state index contributed by atoms with van der Waals surface area (Å²) in [6.07, 6.45) is 1.17. The summed E-state index contributed by atoms with van der Waals surface area (Å²) >= 11 is 0. The Morgan fingerprint density at radius 3 is 3.00 bits per heavy atom. The van der Waals surface area contributed by atoms with Gasteiger partial charge in [0.05, 0.1) is 11.7 Å². The molecular formula is C9H5FN. The maximum Gasteiger partial charge on any atom is 0.150 e. The second-order valence-electron chi connectivity index (χ2n) is 2.25. The van der Waals surface area contributed by atoms with Crippen molar-refractivity contribution in [1.29, 1.82) is 0 Å². The third kappa shape index (κ3) is 1.07. The lowest BCUT2D eigenvalue weighted by molar-refractivity contribution is 0.622. The van der Waals surface area contributed by atoms with Crippen molar-refractivity contribution in [2.24, 2.45) is 0 Å². The lowest BCUT2D eigenvalue weighted by Crippen LogP contribution is -1.80. The molecule has 0 N–H and O–H groups in total. The van der Waals surface area contributed by atoms with Gasteiger partial charge < -0.3 is 0 Å². The Hall–Kier alpha value is -1.44. The van der Waals surface area contributed by atoms with Crippen LogP contribution in [0.1, 0.15) is 0 Å². The van der Waals surface area contributed by atoms with Crippen LogP contribution in [-0.4, -0.2) is 4.98 Å². The van der Waals surface area contributed by atoms with Gasteiger partial charge in [-0.1, -0.05) is 18.2 Å². The van der Waals surface area contributed by atoms with Crippen LogP contribution in [0.3, 0.4) is 0 Å². The molecule has 1 aromatic heterocycles. The SMILES string of the molecule is Fc1[c]c2ccccc2nc1. The van der Waals surface area contributed by atoms with Gasteiger partial charge in [0.15, 0.2) is 0 Å². The molecule has 0 saturated carbocycles. The molecule has 0 aliphatic rings. The normalized spacial score (nSPS) is 10.3. The predicted octanol–water partition coefficient (Wildman–Crippen LogP) is 2.17. The zero-order valence-corrected chi connectivity index (χ0v) is 5.71. The van der Waals surface area contributed by atoms with Gasteiger partial charge in [0.1, 0.15) is 5.82 Å². The highest BCUT2D eigenvalue weighted by atomic mass is 19.1. The number of benzene rings is 1. The molecule has 0 atom stereocenters. The van der Waals surface area contributed by atoms with Crippen LogP contribution in [0.2, 0.25) is 0 Å². The van der Waals surface area contributed by atoms with E-state index in [1.54, 1.807) is 6.07 Å². The van der Waals surface area contributed by atoms with Crippen LogP contribution in [0, 0.1) is 11.9 Å². The number of aromatic nitrogens is 1. The van der Waals surface area contributed by atoms with Crippen LogP contribution in [-0.2, 0) is 0 Å². The summed E-state index contributed by atoms with van der Waals surface area (Å²) in [4.78, 5) is 3.87. The van der Waals surface area contributed by atoms with Crippen LogP contribution < -0.4 is 0 Å². The van der Waals surface area contributed by atoms with E-state index in [0.29, 0.717) is 5.39 Å². The van der Waals surface area contributed by atoms with E-state index >= 15 is 0 Å². The number of fused-ring (bicyclic) bond motifs is 1. The van der Waals surface area contributed by atoms with Gasteiger partial charge in [-0.15, -0.1) is 0 Å². The molecule has 0 fully saturated rings. The fraction of sp³-hybridized carbons (Fsp3) is 0. The van der Waals surface area contributed by atoms with Gasteiger partial charge in [-0.2, -0.15) is 0 Å².